The van der Waals surface area contributed by atoms with Crippen molar-refractivity contribution < 1.29 is 4.79 Å². The van der Waals surface area contributed by atoms with E-state index in [-0.39, 0.29) is 11.6 Å². The van der Waals surface area contributed by atoms with E-state index in [0.717, 1.165) is 58.1 Å². The highest BCUT2D eigenvalue weighted by molar-refractivity contribution is 5.74. The summed E-state index contributed by atoms with van der Waals surface area (Å²) in [7, 11) is 0. The Labute approximate surface area is 144 Å². The first-order valence-electron chi connectivity index (χ1n) is 8.74. The maximum atomic E-state index is 11.6. The Morgan fingerprint density at radius 2 is 1.79 bits per heavy atom. The van der Waals surface area contributed by atoms with Crippen LogP contribution in [0.1, 0.15) is 33.6 Å². The van der Waals surface area contributed by atoms with Crippen molar-refractivity contribution in [2.24, 2.45) is 0 Å². The van der Waals surface area contributed by atoms with Crippen molar-refractivity contribution >= 4 is 12.0 Å². The number of nitrogens with one attached hydrogen (secondary N) is 2. The zero-order chi connectivity index (χ0) is 17.4. The van der Waals surface area contributed by atoms with Crippen molar-refractivity contribution in [1.29, 1.82) is 0 Å². The van der Waals surface area contributed by atoms with Crippen molar-refractivity contribution in [3.05, 3.63) is 18.5 Å². The van der Waals surface area contributed by atoms with Gasteiger partial charge < -0.3 is 15.5 Å². The molecule has 0 aromatic carbocycles. The van der Waals surface area contributed by atoms with Crippen LogP contribution >= 0.6 is 0 Å². The summed E-state index contributed by atoms with van der Waals surface area (Å²) >= 11 is 0. The highest BCUT2D eigenvalue weighted by Gasteiger charge is 2.18. The van der Waals surface area contributed by atoms with Crippen molar-refractivity contribution in [2.75, 3.05) is 44.2 Å². The predicted molar refractivity (Wildman–Crippen MR) is 96.2 cm³/mol. The Balaban J connectivity index is 1.54. The predicted octanol–water partition coefficient (Wildman–Crippen LogP) is 1.48. The number of unbranched alkanes of at least 4 members (excludes halogenated alkanes) is 1. The molecule has 1 aliphatic rings. The van der Waals surface area contributed by atoms with Gasteiger partial charge in [-0.1, -0.05) is 0 Å². The van der Waals surface area contributed by atoms with Gasteiger partial charge in [-0.2, -0.15) is 0 Å². The van der Waals surface area contributed by atoms with E-state index in [1.807, 2.05) is 26.8 Å². The molecule has 1 aromatic rings. The lowest BCUT2D eigenvalue weighted by molar-refractivity contribution is 0.230. The summed E-state index contributed by atoms with van der Waals surface area (Å²) in [6.07, 6.45) is 5.67. The molecule has 24 heavy (non-hydrogen) atoms. The number of piperazine rings is 1. The molecule has 134 valence electrons. The fourth-order valence-electron chi connectivity index (χ4n) is 2.67. The van der Waals surface area contributed by atoms with Crippen LogP contribution in [0.15, 0.2) is 18.5 Å². The highest BCUT2D eigenvalue weighted by Crippen LogP contribution is 2.10. The van der Waals surface area contributed by atoms with E-state index in [2.05, 4.69) is 30.4 Å². The van der Waals surface area contributed by atoms with Gasteiger partial charge in [0.25, 0.3) is 0 Å². The molecule has 7 nitrogen and oxygen atoms in total. The lowest BCUT2D eigenvalue weighted by atomic mass is 10.1. The molecule has 0 radical (unpaired) electrons. The van der Waals surface area contributed by atoms with Crippen LogP contribution in [0.4, 0.5) is 10.7 Å². The first-order chi connectivity index (χ1) is 11.4. The molecular weight excluding hydrogens is 304 g/mol. The average molecular weight is 334 g/mol. The summed E-state index contributed by atoms with van der Waals surface area (Å²) in [4.78, 5) is 25.0. The molecule has 0 atom stereocenters. The quantitative estimate of drug-likeness (QED) is 0.771. The molecule has 7 heteroatoms. The minimum absolute atomic E-state index is 0.0843. The van der Waals surface area contributed by atoms with Crippen LogP contribution in [0, 0.1) is 0 Å². The number of urea groups is 1. The molecule has 0 spiro atoms. The van der Waals surface area contributed by atoms with E-state index in [1.54, 1.807) is 12.4 Å². The second kappa shape index (κ2) is 8.82. The van der Waals surface area contributed by atoms with Crippen LogP contribution in [-0.4, -0.2) is 65.7 Å². The van der Waals surface area contributed by atoms with Crippen LogP contribution in [0.25, 0.3) is 0 Å². The van der Waals surface area contributed by atoms with Crippen LogP contribution in [-0.2, 0) is 0 Å². The smallest absolute Gasteiger partial charge is 0.315 e. The van der Waals surface area contributed by atoms with Crippen LogP contribution < -0.4 is 15.5 Å². The summed E-state index contributed by atoms with van der Waals surface area (Å²) in [6, 6.07) is 1.76. The lowest BCUT2D eigenvalue weighted by Gasteiger charge is -2.34. The lowest BCUT2D eigenvalue weighted by Crippen LogP contribution is -2.47. The number of anilines is 1. The van der Waals surface area contributed by atoms with E-state index >= 15 is 0 Å². The third-order valence-electron chi connectivity index (χ3n) is 3.88. The monoisotopic (exact) mass is 334 g/mol. The Bertz CT molecular complexity index is 494. The number of carbonyl (C=O) groups excluding carboxylic acids is 1. The molecule has 0 saturated carbocycles. The van der Waals surface area contributed by atoms with E-state index in [1.165, 1.54) is 0 Å². The van der Waals surface area contributed by atoms with Crippen LogP contribution in [0.2, 0.25) is 0 Å². The third-order valence-corrected chi connectivity index (χ3v) is 3.88. The van der Waals surface area contributed by atoms with Gasteiger partial charge in [-0.15, -0.1) is 0 Å². The molecule has 2 heterocycles. The Morgan fingerprint density at radius 3 is 2.42 bits per heavy atom. The van der Waals surface area contributed by atoms with Crippen LogP contribution in [0.3, 0.4) is 0 Å². The van der Waals surface area contributed by atoms with E-state index in [9.17, 15) is 4.79 Å². The minimum Gasteiger partial charge on any atom is -0.338 e. The van der Waals surface area contributed by atoms with Crippen molar-refractivity contribution in [1.82, 2.24) is 25.5 Å². The van der Waals surface area contributed by atoms with Gasteiger partial charge in [0.2, 0.25) is 5.95 Å². The molecule has 2 rings (SSSR count). The fourth-order valence-corrected chi connectivity index (χ4v) is 2.67. The largest absolute Gasteiger partial charge is 0.338 e. The Kier molecular flexibility index (Phi) is 6.78. The Hall–Kier alpha value is -1.89. The second-order valence-electron chi connectivity index (χ2n) is 7.22. The standard InChI is InChI=1S/C17H30N6O/c1-17(2,3)21-16(24)20-7-4-5-10-22-11-13-23(14-12-22)15-18-8-6-9-19-15/h6,8-9H,4-5,7,10-14H2,1-3H3,(H2,20,21,24). The van der Waals surface area contributed by atoms with Gasteiger partial charge in [-0.3, -0.25) is 4.90 Å². The summed E-state index contributed by atoms with van der Waals surface area (Å²) < 4.78 is 0. The minimum atomic E-state index is -0.188. The van der Waals surface area contributed by atoms with Gasteiger partial charge >= 0.3 is 6.03 Å². The molecule has 0 bridgehead atoms. The molecule has 0 unspecified atom stereocenters. The summed E-state index contributed by atoms with van der Waals surface area (Å²) in [5.41, 5.74) is -0.188. The van der Waals surface area contributed by atoms with Gasteiger partial charge in [0.05, 0.1) is 0 Å². The third kappa shape index (κ3) is 6.70. The zero-order valence-corrected chi connectivity index (χ0v) is 15.1. The summed E-state index contributed by atoms with van der Waals surface area (Å²) in [5, 5.41) is 5.81. The second-order valence-corrected chi connectivity index (χ2v) is 7.22. The zero-order valence-electron chi connectivity index (χ0n) is 15.1. The number of nitrogens with zero attached hydrogens (tertiary/aromatic N) is 4. The maximum Gasteiger partial charge on any atom is 0.315 e. The molecule has 1 saturated heterocycles. The van der Waals surface area contributed by atoms with E-state index < -0.39 is 0 Å². The number of rotatable bonds is 6. The van der Waals surface area contributed by atoms with Gasteiger partial charge in [0.1, 0.15) is 0 Å². The van der Waals surface area contributed by atoms with Gasteiger partial charge in [-0.05, 0) is 46.2 Å². The van der Waals surface area contributed by atoms with Crippen molar-refractivity contribution in [3.63, 3.8) is 0 Å². The first-order valence-corrected chi connectivity index (χ1v) is 8.74. The van der Waals surface area contributed by atoms with Crippen molar-refractivity contribution in [3.8, 4) is 0 Å². The van der Waals surface area contributed by atoms with Gasteiger partial charge in [-0.25, -0.2) is 14.8 Å². The summed E-state index contributed by atoms with van der Waals surface area (Å²) in [6.45, 7) is 11.7. The normalized spacial score (nSPS) is 16.0. The van der Waals surface area contributed by atoms with E-state index in [0.29, 0.717) is 0 Å². The van der Waals surface area contributed by atoms with E-state index in [4.69, 9.17) is 0 Å². The SMILES string of the molecule is CC(C)(C)NC(=O)NCCCCN1CCN(c2ncccn2)CC1. The maximum absolute atomic E-state index is 11.6. The number of amides is 2. The number of hydrogen-bond acceptors (Lipinski definition) is 5. The fraction of sp³-hybridized carbons (Fsp3) is 0.706. The number of carbonyl (C=O) groups is 1. The summed E-state index contributed by atoms with van der Waals surface area (Å²) in [5.74, 6) is 0.825. The van der Waals surface area contributed by atoms with Gasteiger partial charge in [0, 0.05) is 50.7 Å². The molecule has 0 aliphatic carbocycles. The number of hydrogen-bond donors (Lipinski definition) is 2. The molecule has 2 N–H and O–H groups in total. The first kappa shape index (κ1) is 18.4. The topological polar surface area (TPSA) is 73.4 Å². The molecular formula is C17H30N6O. The van der Waals surface area contributed by atoms with Gasteiger partial charge in [0.15, 0.2) is 0 Å². The molecule has 1 aromatic heterocycles. The van der Waals surface area contributed by atoms with Crippen LogP contribution in [0.5, 0.6) is 0 Å². The molecule has 1 aliphatic heterocycles. The molecule has 1 fully saturated rings. The average Bonchev–Trinajstić information content (AvgIpc) is 2.54. The Morgan fingerprint density at radius 1 is 1.12 bits per heavy atom. The van der Waals surface area contributed by atoms with Crippen molar-refractivity contribution in [2.45, 2.75) is 39.2 Å². The number of aromatic nitrogens is 2. The highest BCUT2D eigenvalue weighted by atomic mass is 16.2. The molecule has 2 amide bonds.